The minimum absolute atomic E-state index is 0.182. The molecule has 0 aliphatic rings. The van der Waals surface area contributed by atoms with Gasteiger partial charge in [0.2, 0.25) is 0 Å². The molecule has 1 heterocycles. The Bertz CT molecular complexity index is 648. The van der Waals surface area contributed by atoms with E-state index in [0.29, 0.717) is 15.8 Å². The van der Waals surface area contributed by atoms with Crippen molar-refractivity contribution in [3.63, 3.8) is 0 Å². The van der Waals surface area contributed by atoms with Crippen LogP contribution in [0.4, 0.5) is 21.6 Å². The minimum Gasteiger partial charge on any atom is -0.384 e. The highest BCUT2D eigenvalue weighted by molar-refractivity contribution is 9.10. The van der Waals surface area contributed by atoms with Gasteiger partial charge < -0.3 is 16.8 Å². The first kappa shape index (κ1) is 13.3. The van der Waals surface area contributed by atoms with E-state index in [-0.39, 0.29) is 11.4 Å². The molecule has 0 fully saturated rings. The van der Waals surface area contributed by atoms with Crippen LogP contribution < -0.4 is 16.8 Å². The van der Waals surface area contributed by atoms with Crippen LogP contribution in [0.5, 0.6) is 0 Å². The summed E-state index contributed by atoms with van der Waals surface area (Å²) in [5, 5.41) is 2.87. The van der Waals surface area contributed by atoms with Crippen molar-refractivity contribution in [2.75, 3.05) is 11.1 Å². The summed E-state index contributed by atoms with van der Waals surface area (Å²) in [6.45, 7) is 0. The Hall–Kier alpha value is -2.15. The highest BCUT2D eigenvalue weighted by Gasteiger charge is 2.10. The van der Waals surface area contributed by atoms with E-state index in [0.717, 1.165) is 0 Å². The fourth-order valence-electron chi connectivity index (χ4n) is 1.50. The second kappa shape index (κ2) is 5.23. The summed E-state index contributed by atoms with van der Waals surface area (Å²) in [5.74, 6) is -0.885. The van der Waals surface area contributed by atoms with Crippen LogP contribution in [0.1, 0.15) is 10.4 Å². The van der Waals surface area contributed by atoms with E-state index in [1.807, 2.05) is 0 Å². The van der Waals surface area contributed by atoms with Crippen LogP contribution in [0.25, 0.3) is 0 Å². The number of hydrogen-bond acceptors (Lipinski definition) is 4. The predicted molar refractivity (Wildman–Crippen MR) is 74.5 cm³/mol. The van der Waals surface area contributed by atoms with Gasteiger partial charge in [-0.05, 0) is 40.2 Å². The monoisotopic (exact) mass is 324 g/mol. The molecule has 5 N–H and O–H groups in total. The lowest BCUT2D eigenvalue weighted by atomic mass is 10.2. The maximum atomic E-state index is 13.4. The van der Waals surface area contributed by atoms with Crippen LogP contribution >= 0.6 is 15.9 Å². The normalized spacial score (nSPS) is 10.2. The molecule has 0 aliphatic carbocycles. The Labute approximate surface area is 116 Å². The summed E-state index contributed by atoms with van der Waals surface area (Å²) < 4.78 is 13.7. The van der Waals surface area contributed by atoms with E-state index in [9.17, 15) is 9.18 Å². The number of carbonyl (C=O) groups excluding carboxylic acids is 1. The predicted octanol–water partition coefficient (Wildman–Crippen LogP) is 2.41. The maximum absolute atomic E-state index is 13.4. The highest BCUT2D eigenvalue weighted by atomic mass is 79.9. The Morgan fingerprint density at radius 3 is 2.74 bits per heavy atom. The van der Waals surface area contributed by atoms with Gasteiger partial charge in [0.05, 0.1) is 21.9 Å². The number of rotatable bonds is 3. The number of hydrogen-bond donors (Lipinski definition) is 3. The van der Waals surface area contributed by atoms with Crippen molar-refractivity contribution in [3.05, 3.63) is 46.3 Å². The fourth-order valence-corrected chi connectivity index (χ4v) is 1.75. The van der Waals surface area contributed by atoms with Gasteiger partial charge in [0.25, 0.3) is 5.91 Å². The van der Waals surface area contributed by atoms with Crippen LogP contribution in [-0.4, -0.2) is 10.9 Å². The van der Waals surface area contributed by atoms with E-state index in [1.54, 1.807) is 12.1 Å². The Kier molecular flexibility index (Phi) is 3.66. The van der Waals surface area contributed by atoms with Crippen LogP contribution in [0, 0.1) is 5.82 Å². The van der Waals surface area contributed by atoms with E-state index < -0.39 is 11.7 Å². The molecule has 0 aliphatic heterocycles. The second-order valence-electron chi connectivity index (χ2n) is 3.77. The third kappa shape index (κ3) is 3.00. The number of carbonyl (C=O) groups is 1. The molecule has 0 bridgehead atoms. The van der Waals surface area contributed by atoms with E-state index in [2.05, 4.69) is 26.2 Å². The van der Waals surface area contributed by atoms with Gasteiger partial charge in [-0.3, -0.25) is 4.79 Å². The molecular formula is C12H10BrFN4O. The lowest BCUT2D eigenvalue weighted by Crippen LogP contribution is -2.14. The molecule has 19 heavy (non-hydrogen) atoms. The molecule has 0 saturated heterocycles. The second-order valence-corrected chi connectivity index (χ2v) is 4.63. The van der Waals surface area contributed by atoms with Gasteiger partial charge in [0.1, 0.15) is 11.6 Å². The third-order valence-corrected chi connectivity index (χ3v) is 3.03. The molecular weight excluding hydrogens is 315 g/mol. The number of nitrogens with one attached hydrogen (secondary N) is 1. The van der Waals surface area contributed by atoms with E-state index in [1.165, 1.54) is 18.3 Å². The van der Waals surface area contributed by atoms with Crippen molar-refractivity contribution in [1.82, 2.24) is 4.98 Å². The van der Waals surface area contributed by atoms with E-state index >= 15 is 0 Å². The lowest BCUT2D eigenvalue weighted by Gasteiger charge is -2.10. The number of primary amides is 1. The molecule has 98 valence electrons. The Morgan fingerprint density at radius 1 is 1.37 bits per heavy atom. The van der Waals surface area contributed by atoms with Crippen molar-refractivity contribution in [3.8, 4) is 0 Å². The third-order valence-electron chi connectivity index (χ3n) is 2.39. The zero-order chi connectivity index (χ0) is 14.0. The first-order chi connectivity index (χ1) is 8.97. The molecule has 1 aromatic heterocycles. The van der Waals surface area contributed by atoms with Gasteiger partial charge in [0.15, 0.2) is 0 Å². The number of pyridine rings is 1. The average molecular weight is 325 g/mol. The van der Waals surface area contributed by atoms with Gasteiger partial charge in [-0.1, -0.05) is 0 Å². The summed E-state index contributed by atoms with van der Waals surface area (Å²) in [5.41, 5.74) is 11.8. The quantitative estimate of drug-likeness (QED) is 0.808. The van der Waals surface area contributed by atoms with Crippen LogP contribution in [0.15, 0.2) is 34.9 Å². The number of halogens is 2. The number of anilines is 3. The molecule has 0 saturated carbocycles. The molecule has 0 spiro atoms. The van der Waals surface area contributed by atoms with Crippen molar-refractivity contribution in [2.24, 2.45) is 5.73 Å². The summed E-state index contributed by atoms with van der Waals surface area (Å²) in [7, 11) is 0. The zero-order valence-corrected chi connectivity index (χ0v) is 11.2. The van der Waals surface area contributed by atoms with Gasteiger partial charge >= 0.3 is 0 Å². The number of benzene rings is 1. The number of nitrogens with two attached hydrogens (primary N) is 2. The van der Waals surface area contributed by atoms with Gasteiger partial charge in [-0.15, -0.1) is 0 Å². The summed E-state index contributed by atoms with van der Waals surface area (Å²) in [4.78, 5) is 15.2. The van der Waals surface area contributed by atoms with Crippen molar-refractivity contribution >= 4 is 39.0 Å². The molecule has 7 heteroatoms. The van der Waals surface area contributed by atoms with Gasteiger partial charge in [-0.2, -0.15) is 0 Å². The van der Waals surface area contributed by atoms with Crippen molar-refractivity contribution < 1.29 is 9.18 Å². The minimum atomic E-state index is -0.644. The number of aromatic nitrogens is 1. The summed E-state index contributed by atoms with van der Waals surface area (Å²) in [6.07, 6.45) is 1.37. The van der Waals surface area contributed by atoms with Crippen LogP contribution in [0.3, 0.4) is 0 Å². The first-order valence-corrected chi connectivity index (χ1v) is 6.04. The van der Waals surface area contributed by atoms with Crippen LogP contribution in [-0.2, 0) is 0 Å². The maximum Gasteiger partial charge on any atom is 0.251 e. The largest absolute Gasteiger partial charge is 0.384 e. The molecule has 0 atom stereocenters. The highest BCUT2D eigenvalue weighted by Crippen LogP contribution is 2.24. The summed E-state index contributed by atoms with van der Waals surface area (Å²) in [6, 6.07) is 5.84. The molecule has 0 radical (unpaired) electrons. The molecule has 2 aromatic rings. The van der Waals surface area contributed by atoms with Crippen molar-refractivity contribution in [2.45, 2.75) is 0 Å². The van der Waals surface area contributed by atoms with Crippen molar-refractivity contribution in [1.29, 1.82) is 0 Å². The average Bonchev–Trinajstić information content (AvgIpc) is 2.36. The smallest absolute Gasteiger partial charge is 0.251 e. The number of amides is 1. The Balaban J connectivity index is 2.37. The van der Waals surface area contributed by atoms with E-state index in [4.69, 9.17) is 11.5 Å². The fraction of sp³-hybridized carbons (Fsp3) is 0. The molecule has 2 rings (SSSR count). The standard InChI is InChI=1S/C12H10BrFN4O/c13-8-2-1-6(3-9(8)14)18-10-5-17-11(15)4-7(10)12(16)19/h1-5,18H,(H2,15,17)(H2,16,19). The number of nitrogen functional groups attached to an aromatic ring is 1. The molecule has 1 amide bonds. The topological polar surface area (TPSA) is 94.0 Å². The molecule has 1 aromatic carbocycles. The lowest BCUT2D eigenvalue weighted by molar-refractivity contribution is 0.100. The van der Waals surface area contributed by atoms with Gasteiger partial charge in [-0.25, -0.2) is 9.37 Å². The molecule has 5 nitrogen and oxygen atoms in total. The van der Waals surface area contributed by atoms with Crippen LogP contribution in [0.2, 0.25) is 0 Å². The van der Waals surface area contributed by atoms with Gasteiger partial charge in [0, 0.05) is 5.69 Å². The Morgan fingerprint density at radius 2 is 2.11 bits per heavy atom. The molecule has 0 unspecified atom stereocenters. The number of nitrogens with zero attached hydrogens (tertiary/aromatic N) is 1. The summed E-state index contributed by atoms with van der Waals surface area (Å²) >= 11 is 3.06. The SMILES string of the molecule is NC(=O)c1cc(N)ncc1Nc1ccc(Br)c(F)c1. The first-order valence-electron chi connectivity index (χ1n) is 5.25. The zero-order valence-electron chi connectivity index (χ0n) is 9.65.